The van der Waals surface area contributed by atoms with Crippen molar-refractivity contribution in [1.29, 1.82) is 0 Å². The highest BCUT2D eigenvalue weighted by atomic mass is 19.4. The molecule has 62 valence electrons. The van der Waals surface area contributed by atoms with E-state index in [1.807, 2.05) is 0 Å². The summed E-state index contributed by atoms with van der Waals surface area (Å²) < 4.78 is 34.6. The van der Waals surface area contributed by atoms with Crippen LogP contribution in [0.1, 0.15) is 13.8 Å². The van der Waals surface area contributed by atoms with Crippen LogP contribution in [0.25, 0.3) is 0 Å². The van der Waals surface area contributed by atoms with Gasteiger partial charge in [0.25, 0.3) is 0 Å². The number of alkyl halides is 3. The van der Waals surface area contributed by atoms with Gasteiger partial charge < -0.3 is 0 Å². The van der Waals surface area contributed by atoms with Crippen molar-refractivity contribution in [2.45, 2.75) is 26.1 Å². The van der Waals surface area contributed by atoms with E-state index in [9.17, 15) is 13.2 Å². The number of hydrogen-bond acceptors (Lipinski definition) is 2. The maximum Gasteiger partial charge on any atom is 0.402 e. The Bertz CT molecular complexity index is 99.6. The van der Waals surface area contributed by atoms with Crippen LogP contribution >= 0.6 is 0 Å². The van der Waals surface area contributed by atoms with Crippen molar-refractivity contribution in [2.24, 2.45) is 5.84 Å². The summed E-state index contributed by atoms with van der Waals surface area (Å²) in [5.74, 6) is 5.02. The number of hydrogen-bond donors (Lipinski definition) is 1. The monoisotopic (exact) mass is 156 g/mol. The Labute approximate surface area is 57.8 Å². The quantitative estimate of drug-likeness (QED) is 0.479. The molecule has 0 spiro atoms. The maximum atomic E-state index is 11.5. The van der Waals surface area contributed by atoms with Crippen LogP contribution < -0.4 is 5.84 Å². The van der Waals surface area contributed by atoms with E-state index >= 15 is 0 Å². The molecule has 0 radical (unpaired) electrons. The van der Waals surface area contributed by atoms with Crippen LogP contribution in [0.3, 0.4) is 0 Å². The molecule has 0 bridgehead atoms. The first-order chi connectivity index (χ1) is 4.33. The summed E-state index contributed by atoms with van der Waals surface area (Å²) in [6, 6.07) is -0.276. The molecule has 0 heterocycles. The summed E-state index contributed by atoms with van der Waals surface area (Å²) in [6.45, 7) is 2.15. The van der Waals surface area contributed by atoms with Crippen molar-refractivity contribution in [3.05, 3.63) is 0 Å². The summed E-state index contributed by atoms with van der Waals surface area (Å²) in [5, 5.41) is 0.750. The minimum atomic E-state index is -4.20. The first kappa shape index (κ1) is 9.71. The van der Waals surface area contributed by atoms with Crippen molar-refractivity contribution in [2.75, 3.05) is 6.54 Å². The molecule has 0 aromatic rings. The molecular weight excluding hydrogens is 145 g/mol. The summed E-state index contributed by atoms with van der Waals surface area (Å²) in [4.78, 5) is 0. The van der Waals surface area contributed by atoms with Gasteiger partial charge in [0.1, 0.15) is 6.54 Å². The molecule has 0 saturated heterocycles. The van der Waals surface area contributed by atoms with Gasteiger partial charge in [0.05, 0.1) is 0 Å². The Kier molecular flexibility index (Phi) is 3.11. The van der Waals surface area contributed by atoms with E-state index in [2.05, 4.69) is 0 Å². The Morgan fingerprint density at radius 3 is 1.90 bits per heavy atom. The van der Waals surface area contributed by atoms with Gasteiger partial charge >= 0.3 is 6.18 Å². The third kappa shape index (κ3) is 4.58. The summed E-state index contributed by atoms with van der Waals surface area (Å²) in [6.07, 6.45) is -4.20. The van der Waals surface area contributed by atoms with Gasteiger partial charge in [0.15, 0.2) is 0 Å². The summed E-state index contributed by atoms with van der Waals surface area (Å²) in [5.41, 5.74) is 0. The van der Waals surface area contributed by atoms with Crippen LogP contribution in [-0.4, -0.2) is 23.8 Å². The number of nitrogens with two attached hydrogens (primary N) is 1. The fourth-order valence-electron chi connectivity index (χ4n) is 0.390. The van der Waals surface area contributed by atoms with Gasteiger partial charge in [-0.05, 0) is 13.8 Å². The molecule has 0 aromatic carbocycles. The molecule has 0 aliphatic carbocycles. The third-order valence-electron chi connectivity index (χ3n) is 1.03. The lowest BCUT2D eigenvalue weighted by Gasteiger charge is -2.21. The Morgan fingerprint density at radius 1 is 1.40 bits per heavy atom. The van der Waals surface area contributed by atoms with Crippen LogP contribution in [0, 0.1) is 0 Å². The second kappa shape index (κ2) is 3.21. The largest absolute Gasteiger partial charge is 0.402 e. The molecule has 0 atom stereocenters. The normalized spacial score (nSPS) is 13.2. The average molecular weight is 156 g/mol. The van der Waals surface area contributed by atoms with Gasteiger partial charge in [-0.3, -0.25) is 5.84 Å². The van der Waals surface area contributed by atoms with Crippen molar-refractivity contribution >= 4 is 0 Å². The highest BCUT2D eigenvalue weighted by Gasteiger charge is 2.30. The van der Waals surface area contributed by atoms with E-state index in [-0.39, 0.29) is 6.04 Å². The molecule has 2 N–H and O–H groups in total. The second-order valence-electron chi connectivity index (χ2n) is 2.38. The molecule has 0 aromatic heterocycles. The van der Waals surface area contributed by atoms with E-state index in [1.54, 1.807) is 13.8 Å². The number of hydrazine groups is 1. The topological polar surface area (TPSA) is 29.3 Å². The van der Waals surface area contributed by atoms with E-state index < -0.39 is 12.7 Å². The van der Waals surface area contributed by atoms with E-state index in [0.717, 1.165) is 5.01 Å². The predicted molar refractivity (Wildman–Crippen MR) is 32.1 cm³/mol. The lowest BCUT2D eigenvalue weighted by atomic mass is 10.4. The fourth-order valence-corrected chi connectivity index (χ4v) is 0.390. The zero-order valence-electron chi connectivity index (χ0n) is 5.94. The number of rotatable bonds is 2. The van der Waals surface area contributed by atoms with Crippen LogP contribution in [0.2, 0.25) is 0 Å². The van der Waals surface area contributed by atoms with Crippen LogP contribution in [0.15, 0.2) is 0 Å². The first-order valence-corrected chi connectivity index (χ1v) is 2.91. The summed E-state index contributed by atoms with van der Waals surface area (Å²) in [7, 11) is 0. The molecule has 0 saturated carbocycles. The molecule has 10 heavy (non-hydrogen) atoms. The van der Waals surface area contributed by atoms with Crippen molar-refractivity contribution in [3.63, 3.8) is 0 Å². The smallest absolute Gasteiger partial charge is 0.268 e. The van der Waals surface area contributed by atoms with E-state index in [0.29, 0.717) is 0 Å². The van der Waals surface area contributed by atoms with Gasteiger partial charge in [-0.1, -0.05) is 0 Å². The second-order valence-corrected chi connectivity index (χ2v) is 2.38. The fraction of sp³-hybridized carbons (Fsp3) is 1.00. The van der Waals surface area contributed by atoms with Crippen LogP contribution in [-0.2, 0) is 0 Å². The van der Waals surface area contributed by atoms with Crippen molar-refractivity contribution < 1.29 is 13.2 Å². The molecular formula is C5H11F3N2. The molecule has 0 fully saturated rings. The van der Waals surface area contributed by atoms with Crippen molar-refractivity contribution in [1.82, 2.24) is 5.01 Å². The summed E-state index contributed by atoms with van der Waals surface area (Å²) >= 11 is 0. The molecule has 0 amide bonds. The minimum Gasteiger partial charge on any atom is -0.268 e. The van der Waals surface area contributed by atoms with Gasteiger partial charge in [-0.2, -0.15) is 13.2 Å². The van der Waals surface area contributed by atoms with E-state index in [4.69, 9.17) is 5.84 Å². The SMILES string of the molecule is CC(C)N(N)CC(F)(F)F. The standard InChI is InChI=1S/C5H11F3N2/c1-4(2)10(9)3-5(6,7)8/h4H,3,9H2,1-2H3. The van der Waals surface area contributed by atoms with Gasteiger partial charge in [-0.15, -0.1) is 0 Å². The third-order valence-corrected chi connectivity index (χ3v) is 1.03. The van der Waals surface area contributed by atoms with Crippen LogP contribution in [0.4, 0.5) is 13.2 Å². The molecule has 0 aliphatic heterocycles. The molecule has 0 unspecified atom stereocenters. The zero-order chi connectivity index (χ0) is 8.36. The van der Waals surface area contributed by atoms with Gasteiger partial charge in [0.2, 0.25) is 0 Å². The van der Waals surface area contributed by atoms with Gasteiger partial charge in [-0.25, -0.2) is 5.01 Å². The molecule has 2 nitrogen and oxygen atoms in total. The molecule has 0 rings (SSSR count). The first-order valence-electron chi connectivity index (χ1n) is 2.91. The van der Waals surface area contributed by atoms with Crippen molar-refractivity contribution in [3.8, 4) is 0 Å². The lowest BCUT2D eigenvalue weighted by molar-refractivity contribution is -0.150. The molecule has 5 heteroatoms. The number of halogens is 3. The van der Waals surface area contributed by atoms with E-state index in [1.165, 1.54) is 0 Å². The predicted octanol–water partition coefficient (Wildman–Crippen LogP) is 1.13. The Hall–Kier alpha value is -0.290. The maximum absolute atomic E-state index is 11.5. The highest BCUT2D eigenvalue weighted by Crippen LogP contribution is 2.15. The average Bonchev–Trinajstić information content (AvgIpc) is 1.60. The Balaban J connectivity index is 3.68. The minimum absolute atomic E-state index is 0.276. The molecule has 0 aliphatic rings. The highest BCUT2D eigenvalue weighted by molar-refractivity contribution is 4.59. The zero-order valence-corrected chi connectivity index (χ0v) is 5.94. The van der Waals surface area contributed by atoms with Crippen LogP contribution in [0.5, 0.6) is 0 Å². The lowest BCUT2D eigenvalue weighted by Crippen LogP contribution is -2.43. The number of nitrogens with zero attached hydrogens (tertiary/aromatic N) is 1. The Morgan fingerprint density at radius 2 is 1.80 bits per heavy atom. The van der Waals surface area contributed by atoms with Gasteiger partial charge in [0, 0.05) is 6.04 Å².